The van der Waals surface area contributed by atoms with E-state index in [-0.39, 0.29) is 5.82 Å². The fourth-order valence-electron chi connectivity index (χ4n) is 3.17. The molecule has 0 unspecified atom stereocenters. The van der Waals surface area contributed by atoms with Gasteiger partial charge in [0.05, 0.1) is 11.0 Å². The van der Waals surface area contributed by atoms with Crippen molar-refractivity contribution in [3.8, 4) is 0 Å². The Bertz CT molecular complexity index is 772. The third-order valence-electron chi connectivity index (χ3n) is 4.40. The minimum Gasteiger partial charge on any atom is -0.371 e. The number of hydrogen-bond donors (Lipinski definition) is 2. The second-order valence-electron chi connectivity index (χ2n) is 5.99. The zero-order chi connectivity index (χ0) is 15.6. The molecule has 0 bridgehead atoms. The maximum Gasteiger partial charge on any atom is 0.201 e. The lowest BCUT2D eigenvalue weighted by molar-refractivity contribution is 0.523. The van der Waals surface area contributed by atoms with Crippen molar-refractivity contribution in [1.29, 1.82) is 0 Å². The highest BCUT2D eigenvalue weighted by Gasteiger charge is 2.20. The molecule has 4 rings (SSSR count). The molecule has 1 aliphatic heterocycles. The molecule has 23 heavy (non-hydrogen) atoms. The van der Waals surface area contributed by atoms with Crippen LogP contribution < -0.4 is 10.2 Å². The molecule has 4 nitrogen and oxygen atoms in total. The maximum atomic E-state index is 13.3. The molecule has 2 N–H and O–H groups in total. The summed E-state index contributed by atoms with van der Waals surface area (Å²) in [6, 6.07) is 15.2. The summed E-state index contributed by atoms with van der Waals surface area (Å²) in [4.78, 5) is 10.1. The van der Waals surface area contributed by atoms with Crippen molar-refractivity contribution in [1.82, 2.24) is 9.97 Å². The van der Waals surface area contributed by atoms with E-state index in [9.17, 15) is 4.39 Å². The first-order valence-corrected chi connectivity index (χ1v) is 8.00. The number of imidazole rings is 1. The van der Waals surface area contributed by atoms with Crippen LogP contribution in [0.5, 0.6) is 0 Å². The highest BCUT2D eigenvalue weighted by Crippen LogP contribution is 2.23. The summed E-state index contributed by atoms with van der Waals surface area (Å²) in [5.74, 6) is 0.653. The Hall–Kier alpha value is -2.56. The summed E-state index contributed by atoms with van der Waals surface area (Å²) in [6.45, 7) is 1.84. The number of nitrogens with one attached hydrogen (secondary N) is 2. The predicted octanol–water partition coefficient (Wildman–Crippen LogP) is 3.78. The Morgan fingerprint density at radius 2 is 1.91 bits per heavy atom. The van der Waals surface area contributed by atoms with Crippen molar-refractivity contribution in [2.24, 2.45) is 0 Å². The van der Waals surface area contributed by atoms with Crippen LogP contribution in [0.3, 0.4) is 0 Å². The van der Waals surface area contributed by atoms with E-state index in [2.05, 4.69) is 20.2 Å². The average Bonchev–Trinajstić information content (AvgIpc) is 2.98. The van der Waals surface area contributed by atoms with Gasteiger partial charge in [0.25, 0.3) is 0 Å². The SMILES string of the molecule is Fc1cccc(N2CCC(Nc3nc4ccccc4[nH]3)CC2)c1. The number of hydrogen-bond acceptors (Lipinski definition) is 3. The van der Waals surface area contributed by atoms with E-state index in [1.165, 1.54) is 6.07 Å². The molecule has 0 aliphatic carbocycles. The second-order valence-corrected chi connectivity index (χ2v) is 5.99. The number of halogens is 1. The minimum atomic E-state index is -0.176. The second kappa shape index (κ2) is 5.91. The zero-order valence-electron chi connectivity index (χ0n) is 12.8. The summed E-state index contributed by atoms with van der Waals surface area (Å²) in [5.41, 5.74) is 2.99. The molecular weight excluding hydrogens is 291 g/mol. The van der Waals surface area contributed by atoms with E-state index < -0.39 is 0 Å². The van der Waals surface area contributed by atoms with E-state index in [1.54, 1.807) is 12.1 Å². The molecule has 0 radical (unpaired) electrons. The van der Waals surface area contributed by atoms with Crippen LogP contribution in [-0.4, -0.2) is 29.1 Å². The zero-order valence-corrected chi connectivity index (χ0v) is 12.8. The van der Waals surface area contributed by atoms with E-state index >= 15 is 0 Å². The van der Waals surface area contributed by atoms with Crippen molar-refractivity contribution < 1.29 is 4.39 Å². The van der Waals surface area contributed by atoms with Gasteiger partial charge in [-0.2, -0.15) is 0 Å². The van der Waals surface area contributed by atoms with Crippen LogP contribution >= 0.6 is 0 Å². The number of nitrogens with zero attached hydrogens (tertiary/aromatic N) is 2. The number of aromatic amines is 1. The van der Waals surface area contributed by atoms with Gasteiger partial charge in [-0.3, -0.25) is 0 Å². The summed E-state index contributed by atoms with van der Waals surface area (Å²) >= 11 is 0. The molecule has 2 aromatic carbocycles. The topological polar surface area (TPSA) is 44.0 Å². The summed E-state index contributed by atoms with van der Waals surface area (Å²) in [5, 5.41) is 3.49. The molecule has 0 amide bonds. The van der Waals surface area contributed by atoms with Crippen LogP contribution in [0.4, 0.5) is 16.0 Å². The number of fused-ring (bicyclic) bond motifs is 1. The van der Waals surface area contributed by atoms with E-state index in [1.807, 2.05) is 30.3 Å². The van der Waals surface area contributed by atoms with Crippen LogP contribution in [-0.2, 0) is 0 Å². The standard InChI is InChI=1S/C18H19FN4/c19-13-4-3-5-15(12-13)23-10-8-14(9-11-23)20-18-21-16-6-1-2-7-17(16)22-18/h1-7,12,14H,8-11H2,(H2,20,21,22). The van der Waals surface area contributed by atoms with E-state index in [0.717, 1.165) is 48.6 Å². The molecule has 0 atom stereocenters. The van der Waals surface area contributed by atoms with Crippen molar-refractivity contribution in [2.75, 3.05) is 23.3 Å². The number of para-hydroxylation sites is 2. The van der Waals surface area contributed by atoms with Crippen LogP contribution in [0, 0.1) is 5.82 Å². The summed E-state index contributed by atoms with van der Waals surface area (Å²) in [7, 11) is 0. The summed E-state index contributed by atoms with van der Waals surface area (Å²) < 4.78 is 13.3. The first kappa shape index (κ1) is 14.1. The molecule has 5 heteroatoms. The largest absolute Gasteiger partial charge is 0.371 e. The molecule has 3 aromatic rings. The Morgan fingerprint density at radius 3 is 2.70 bits per heavy atom. The van der Waals surface area contributed by atoms with Gasteiger partial charge in [-0.15, -0.1) is 0 Å². The average molecular weight is 310 g/mol. The lowest BCUT2D eigenvalue weighted by Crippen LogP contribution is -2.39. The quantitative estimate of drug-likeness (QED) is 0.773. The molecule has 0 spiro atoms. The number of H-pyrrole nitrogens is 1. The van der Waals surface area contributed by atoms with Gasteiger partial charge in [0.2, 0.25) is 5.95 Å². The van der Waals surface area contributed by atoms with Gasteiger partial charge >= 0.3 is 0 Å². The molecule has 118 valence electrons. The Balaban J connectivity index is 1.39. The van der Waals surface area contributed by atoms with E-state index in [0.29, 0.717) is 6.04 Å². The third kappa shape index (κ3) is 2.99. The normalized spacial score (nSPS) is 16.0. The van der Waals surface area contributed by atoms with Gasteiger partial charge in [-0.05, 0) is 43.2 Å². The highest BCUT2D eigenvalue weighted by molar-refractivity contribution is 5.77. The van der Waals surface area contributed by atoms with Crippen molar-refractivity contribution in [2.45, 2.75) is 18.9 Å². The van der Waals surface area contributed by atoms with E-state index in [4.69, 9.17) is 0 Å². The first-order valence-electron chi connectivity index (χ1n) is 8.00. The Kier molecular flexibility index (Phi) is 3.61. The number of anilines is 2. The fraction of sp³-hybridized carbons (Fsp3) is 0.278. The summed E-state index contributed by atoms with van der Waals surface area (Å²) in [6.07, 6.45) is 2.01. The molecule has 0 saturated carbocycles. The molecule has 1 saturated heterocycles. The predicted molar refractivity (Wildman–Crippen MR) is 91.4 cm³/mol. The van der Waals surface area contributed by atoms with Gasteiger partial charge < -0.3 is 15.2 Å². The van der Waals surface area contributed by atoms with Crippen LogP contribution in [0.15, 0.2) is 48.5 Å². The monoisotopic (exact) mass is 310 g/mol. The molecule has 2 heterocycles. The number of aromatic nitrogens is 2. The van der Waals surface area contributed by atoms with Gasteiger partial charge in [0.1, 0.15) is 5.82 Å². The van der Waals surface area contributed by atoms with Crippen molar-refractivity contribution >= 4 is 22.7 Å². The Labute approximate surface area is 134 Å². The van der Waals surface area contributed by atoms with Gasteiger partial charge in [0, 0.05) is 24.8 Å². The van der Waals surface area contributed by atoms with Crippen LogP contribution in [0.2, 0.25) is 0 Å². The van der Waals surface area contributed by atoms with Crippen LogP contribution in [0.1, 0.15) is 12.8 Å². The van der Waals surface area contributed by atoms with Gasteiger partial charge in [-0.1, -0.05) is 18.2 Å². The number of piperidine rings is 1. The molecular formula is C18H19FN4. The smallest absolute Gasteiger partial charge is 0.201 e. The van der Waals surface area contributed by atoms with Crippen molar-refractivity contribution in [3.63, 3.8) is 0 Å². The third-order valence-corrected chi connectivity index (χ3v) is 4.40. The first-order chi connectivity index (χ1) is 11.3. The molecule has 1 fully saturated rings. The van der Waals surface area contributed by atoms with Crippen molar-refractivity contribution in [3.05, 3.63) is 54.3 Å². The number of benzene rings is 2. The molecule has 1 aliphatic rings. The lowest BCUT2D eigenvalue weighted by Gasteiger charge is -2.33. The fourth-order valence-corrected chi connectivity index (χ4v) is 3.17. The maximum absolute atomic E-state index is 13.3. The number of rotatable bonds is 3. The van der Waals surface area contributed by atoms with Crippen LogP contribution in [0.25, 0.3) is 11.0 Å². The highest BCUT2D eigenvalue weighted by atomic mass is 19.1. The van der Waals surface area contributed by atoms with Gasteiger partial charge in [-0.25, -0.2) is 9.37 Å². The van der Waals surface area contributed by atoms with Gasteiger partial charge in [0.15, 0.2) is 0 Å². The Morgan fingerprint density at radius 1 is 1.09 bits per heavy atom. The lowest BCUT2D eigenvalue weighted by atomic mass is 10.0. The minimum absolute atomic E-state index is 0.176. The molecule has 1 aromatic heterocycles.